The molecule has 30 heavy (non-hydrogen) atoms. The lowest BCUT2D eigenvalue weighted by Crippen LogP contribution is -3.12. The van der Waals surface area contributed by atoms with Crippen molar-refractivity contribution in [1.29, 1.82) is 0 Å². The van der Waals surface area contributed by atoms with Crippen molar-refractivity contribution in [3.05, 3.63) is 47.5 Å². The zero-order chi connectivity index (χ0) is 21.7. The molecule has 162 valence electrons. The Morgan fingerprint density at radius 2 is 1.63 bits per heavy atom. The SMILES string of the molecule is CC[NH+](CC)CCN1C(=O)c2ccccc2N[C@H]1c1cc(OC)c(OC)c(OC)c1. The van der Waals surface area contributed by atoms with Crippen LogP contribution in [0.15, 0.2) is 36.4 Å². The van der Waals surface area contributed by atoms with Gasteiger partial charge in [-0.25, -0.2) is 0 Å². The number of nitrogens with zero attached hydrogens (tertiary/aromatic N) is 1. The third-order valence-corrected chi connectivity index (χ3v) is 5.73. The Balaban J connectivity index is 2.04. The van der Waals surface area contributed by atoms with Gasteiger partial charge in [0, 0.05) is 11.3 Å². The van der Waals surface area contributed by atoms with Gasteiger partial charge in [0.05, 0.1) is 53.1 Å². The molecule has 0 unspecified atom stereocenters. The molecule has 7 nitrogen and oxygen atoms in total. The molecule has 0 aromatic heterocycles. The lowest BCUT2D eigenvalue weighted by Gasteiger charge is -2.38. The number of likely N-dealkylation sites (N-methyl/N-ethyl adjacent to an activating group) is 1. The molecule has 0 saturated carbocycles. The van der Waals surface area contributed by atoms with Gasteiger partial charge in [0.1, 0.15) is 6.17 Å². The van der Waals surface area contributed by atoms with E-state index in [0.717, 1.165) is 30.9 Å². The Morgan fingerprint density at radius 1 is 1.00 bits per heavy atom. The fourth-order valence-electron chi connectivity index (χ4n) is 3.93. The van der Waals surface area contributed by atoms with Crippen LogP contribution in [-0.4, -0.2) is 58.3 Å². The molecule has 0 spiro atoms. The molecule has 2 aromatic carbocycles. The molecule has 2 N–H and O–H groups in total. The highest BCUT2D eigenvalue weighted by Crippen LogP contribution is 2.42. The molecule has 7 heteroatoms. The highest BCUT2D eigenvalue weighted by molar-refractivity contribution is 6.01. The largest absolute Gasteiger partial charge is 0.493 e. The number of anilines is 1. The van der Waals surface area contributed by atoms with Gasteiger partial charge < -0.3 is 29.3 Å². The maximum absolute atomic E-state index is 13.4. The lowest BCUT2D eigenvalue weighted by atomic mass is 10.0. The van der Waals surface area contributed by atoms with Crippen molar-refractivity contribution in [3.8, 4) is 17.2 Å². The monoisotopic (exact) mass is 414 g/mol. The summed E-state index contributed by atoms with van der Waals surface area (Å²) in [5.41, 5.74) is 2.39. The Kier molecular flexibility index (Phi) is 7.05. The normalized spacial score (nSPS) is 15.6. The molecule has 0 aliphatic carbocycles. The fraction of sp³-hybridized carbons (Fsp3) is 0.435. The first-order chi connectivity index (χ1) is 14.6. The lowest BCUT2D eigenvalue weighted by molar-refractivity contribution is -0.895. The number of para-hydroxylation sites is 1. The van der Waals surface area contributed by atoms with Crippen molar-refractivity contribution < 1.29 is 23.9 Å². The molecule has 3 rings (SSSR count). The Hall–Kier alpha value is -2.93. The number of hydrogen-bond donors (Lipinski definition) is 2. The molecule has 0 radical (unpaired) electrons. The zero-order valence-corrected chi connectivity index (χ0v) is 18.5. The summed E-state index contributed by atoms with van der Waals surface area (Å²) >= 11 is 0. The molecule has 0 fully saturated rings. The van der Waals surface area contributed by atoms with Gasteiger partial charge in [-0.1, -0.05) is 12.1 Å². The van der Waals surface area contributed by atoms with Crippen LogP contribution in [0.25, 0.3) is 0 Å². The smallest absolute Gasteiger partial charge is 0.258 e. The van der Waals surface area contributed by atoms with Crippen LogP contribution in [0, 0.1) is 0 Å². The van der Waals surface area contributed by atoms with Crippen LogP contribution in [0.3, 0.4) is 0 Å². The van der Waals surface area contributed by atoms with E-state index in [1.807, 2.05) is 41.3 Å². The number of amides is 1. The summed E-state index contributed by atoms with van der Waals surface area (Å²) < 4.78 is 16.5. The summed E-state index contributed by atoms with van der Waals surface area (Å²) in [5, 5.41) is 3.54. The predicted octanol–water partition coefficient (Wildman–Crippen LogP) is 2.20. The molecular formula is C23H32N3O4+. The molecule has 1 amide bonds. The minimum Gasteiger partial charge on any atom is -0.493 e. The van der Waals surface area contributed by atoms with Crippen molar-refractivity contribution in [2.75, 3.05) is 52.8 Å². The molecular weight excluding hydrogens is 382 g/mol. The molecule has 0 saturated heterocycles. The number of benzene rings is 2. The van der Waals surface area contributed by atoms with E-state index in [-0.39, 0.29) is 12.1 Å². The molecule has 1 aliphatic rings. The Labute approximate surface area is 178 Å². The number of carbonyl (C=O) groups is 1. The van der Waals surface area contributed by atoms with Crippen LogP contribution in [0.2, 0.25) is 0 Å². The van der Waals surface area contributed by atoms with Gasteiger partial charge in [-0.2, -0.15) is 0 Å². The molecule has 1 heterocycles. The van der Waals surface area contributed by atoms with Gasteiger partial charge in [-0.15, -0.1) is 0 Å². The number of quaternary nitrogens is 1. The van der Waals surface area contributed by atoms with Crippen molar-refractivity contribution in [2.45, 2.75) is 20.0 Å². The summed E-state index contributed by atoms with van der Waals surface area (Å²) in [5.74, 6) is 1.68. The van der Waals surface area contributed by atoms with E-state index in [0.29, 0.717) is 29.4 Å². The summed E-state index contributed by atoms with van der Waals surface area (Å²) in [6, 6.07) is 11.4. The second-order valence-electron chi connectivity index (χ2n) is 7.26. The number of hydrogen-bond acceptors (Lipinski definition) is 5. The fourth-order valence-corrected chi connectivity index (χ4v) is 3.93. The van der Waals surface area contributed by atoms with Crippen molar-refractivity contribution >= 4 is 11.6 Å². The maximum Gasteiger partial charge on any atom is 0.258 e. The van der Waals surface area contributed by atoms with Crippen LogP contribution in [0.4, 0.5) is 5.69 Å². The van der Waals surface area contributed by atoms with Crippen LogP contribution < -0.4 is 24.4 Å². The maximum atomic E-state index is 13.4. The average molecular weight is 415 g/mol. The number of nitrogens with one attached hydrogen (secondary N) is 2. The summed E-state index contributed by atoms with van der Waals surface area (Å²) in [6.45, 7) is 7.90. The first kappa shape index (κ1) is 21.8. The Bertz CT molecular complexity index is 857. The standard InChI is InChI=1S/C23H31N3O4/c1-6-25(7-2)12-13-26-22(24-18-11-9-8-10-17(18)23(26)27)16-14-19(28-3)21(30-5)20(15-16)29-4/h8-11,14-15,22,24H,6-7,12-13H2,1-5H3/p+1/t22-/m1/s1. The second-order valence-corrected chi connectivity index (χ2v) is 7.26. The van der Waals surface area contributed by atoms with E-state index in [4.69, 9.17) is 14.2 Å². The summed E-state index contributed by atoms with van der Waals surface area (Å²) in [4.78, 5) is 16.8. The second kappa shape index (κ2) is 9.71. The minimum atomic E-state index is -0.337. The van der Waals surface area contributed by atoms with Crippen molar-refractivity contribution in [1.82, 2.24) is 4.90 Å². The highest BCUT2D eigenvalue weighted by atomic mass is 16.5. The Morgan fingerprint density at radius 3 is 2.20 bits per heavy atom. The van der Waals surface area contributed by atoms with Crippen molar-refractivity contribution in [3.63, 3.8) is 0 Å². The minimum absolute atomic E-state index is 0.0228. The number of ether oxygens (including phenoxy) is 3. The summed E-state index contributed by atoms with van der Waals surface area (Å²) in [6.07, 6.45) is -0.337. The molecule has 1 aliphatic heterocycles. The molecule has 2 aromatic rings. The van der Waals surface area contributed by atoms with Gasteiger partial charge in [-0.05, 0) is 38.1 Å². The van der Waals surface area contributed by atoms with E-state index in [1.165, 1.54) is 4.90 Å². The van der Waals surface area contributed by atoms with E-state index in [9.17, 15) is 4.79 Å². The van der Waals surface area contributed by atoms with E-state index in [2.05, 4.69) is 19.2 Å². The van der Waals surface area contributed by atoms with Gasteiger partial charge in [0.2, 0.25) is 5.75 Å². The van der Waals surface area contributed by atoms with Crippen molar-refractivity contribution in [2.24, 2.45) is 0 Å². The molecule has 0 bridgehead atoms. The number of fused-ring (bicyclic) bond motifs is 1. The quantitative estimate of drug-likeness (QED) is 0.659. The third kappa shape index (κ3) is 4.16. The van der Waals surface area contributed by atoms with Gasteiger partial charge >= 0.3 is 0 Å². The van der Waals surface area contributed by atoms with Crippen LogP contribution >= 0.6 is 0 Å². The number of methoxy groups -OCH3 is 3. The van der Waals surface area contributed by atoms with E-state index >= 15 is 0 Å². The van der Waals surface area contributed by atoms with Gasteiger partial charge in [0.15, 0.2) is 11.5 Å². The highest BCUT2D eigenvalue weighted by Gasteiger charge is 2.34. The van der Waals surface area contributed by atoms with E-state index in [1.54, 1.807) is 21.3 Å². The topological polar surface area (TPSA) is 64.5 Å². The van der Waals surface area contributed by atoms with Gasteiger partial charge in [-0.3, -0.25) is 4.79 Å². The first-order valence-electron chi connectivity index (χ1n) is 10.4. The number of rotatable bonds is 9. The number of carbonyl (C=O) groups excluding carboxylic acids is 1. The zero-order valence-electron chi connectivity index (χ0n) is 18.5. The molecule has 1 atom stereocenters. The van der Waals surface area contributed by atoms with Crippen LogP contribution in [0.1, 0.15) is 35.9 Å². The van der Waals surface area contributed by atoms with Gasteiger partial charge in [0.25, 0.3) is 5.91 Å². The van der Waals surface area contributed by atoms with Crippen LogP contribution in [-0.2, 0) is 0 Å². The van der Waals surface area contributed by atoms with E-state index < -0.39 is 0 Å². The average Bonchev–Trinajstić information content (AvgIpc) is 2.79. The first-order valence-corrected chi connectivity index (χ1v) is 10.4. The summed E-state index contributed by atoms with van der Waals surface area (Å²) in [7, 11) is 4.77. The van der Waals surface area contributed by atoms with Crippen LogP contribution in [0.5, 0.6) is 17.2 Å². The predicted molar refractivity (Wildman–Crippen MR) is 117 cm³/mol. The third-order valence-electron chi connectivity index (χ3n) is 5.73.